The third-order valence-corrected chi connectivity index (χ3v) is 4.77. The smallest absolute Gasteiger partial charge is 0.151 e. The van der Waals surface area contributed by atoms with Gasteiger partial charge >= 0.3 is 0 Å². The number of fused-ring (bicyclic) bond motifs is 1. The molecule has 0 radical (unpaired) electrons. The number of aromatic nitrogens is 3. The highest BCUT2D eigenvalue weighted by molar-refractivity contribution is 5.81. The Morgan fingerprint density at radius 3 is 2.70 bits per heavy atom. The molecule has 0 spiro atoms. The van der Waals surface area contributed by atoms with Crippen LogP contribution in [0, 0.1) is 0 Å². The van der Waals surface area contributed by atoms with Crippen molar-refractivity contribution in [1.29, 1.82) is 0 Å². The van der Waals surface area contributed by atoms with Gasteiger partial charge in [0.1, 0.15) is 0 Å². The fourth-order valence-electron chi connectivity index (χ4n) is 3.48. The molecule has 4 aromatic rings. The van der Waals surface area contributed by atoms with Crippen molar-refractivity contribution in [3.63, 3.8) is 0 Å². The zero-order valence-electron chi connectivity index (χ0n) is 15.5. The van der Waals surface area contributed by atoms with Crippen molar-refractivity contribution >= 4 is 16.6 Å². The van der Waals surface area contributed by atoms with Gasteiger partial charge in [-0.05, 0) is 48.2 Å². The van der Waals surface area contributed by atoms with Crippen LogP contribution in [0.4, 0.5) is 5.69 Å². The second kappa shape index (κ2) is 7.11. The minimum absolute atomic E-state index is 0.631. The van der Waals surface area contributed by atoms with Crippen LogP contribution in [0.1, 0.15) is 11.1 Å². The zero-order chi connectivity index (χ0) is 18.8. The lowest BCUT2D eigenvalue weighted by atomic mass is 9.98. The third-order valence-electron chi connectivity index (χ3n) is 4.77. The number of methoxy groups -OCH3 is 1. The Morgan fingerprint density at radius 1 is 1.07 bits per heavy atom. The molecule has 2 aromatic heterocycles. The van der Waals surface area contributed by atoms with Gasteiger partial charge in [0.2, 0.25) is 0 Å². The normalized spacial score (nSPS) is 11.0. The van der Waals surface area contributed by atoms with E-state index in [1.807, 2.05) is 37.6 Å². The number of pyridine rings is 1. The standard InChI is InChI=1S/C22H22N4O/c1-26-12-10-20(25-26)18-13-15(14-19(23)22(18)27-2)8-9-17-6-3-5-16-7-4-11-24-21(16)17/h3-7,10-14H,8-9,23H2,1-2H3. The lowest BCUT2D eigenvalue weighted by Gasteiger charge is -2.13. The highest BCUT2D eigenvalue weighted by Crippen LogP contribution is 2.35. The van der Waals surface area contributed by atoms with Crippen LogP contribution in [0.2, 0.25) is 0 Å². The Hall–Kier alpha value is -3.34. The molecule has 136 valence electrons. The topological polar surface area (TPSA) is 66.0 Å². The molecule has 5 heteroatoms. The number of rotatable bonds is 5. The Kier molecular flexibility index (Phi) is 4.50. The molecule has 2 N–H and O–H groups in total. The maximum absolute atomic E-state index is 6.26. The molecule has 0 amide bonds. The van der Waals surface area contributed by atoms with E-state index in [0.717, 1.165) is 35.2 Å². The number of hydrogen-bond donors (Lipinski definition) is 1. The zero-order valence-corrected chi connectivity index (χ0v) is 15.5. The maximum Gasteiger partial charge on any atom is 0.151 e. The van der Waals surface area contributed by atoms with E-state index in [0.29, 0.717) is 11.4 Å². The highest BCUT2D eigenvalue weighted by Gasteiger charge is 2.14. The lowest BCUT2D eigenvalue weighted by Crippen LogP contribution is -2.00. The van der Waals surface area contributed by atoms with Crippen LogP contribution in [0.3, 0.4) is 0 Å². The number of aryl methyl sites for hydroxylation is 3. The minimum Gasteiger partial charge on any atom is -0.494 e. The van der Waals surface area contributed by atoms with E-state index in [-0.39, 0.29) is 0 Å². The molecule has 0 saturated carbocycles. The van der Waals surface area contributed by atoms with Gasteiger partial charge in [-0.1, -0.05) is 24.3 Å². The van der Waals surface area contributed by atoms with E-state index < -0.39 is 0 Å². The number of hydrogen-bond acceptors (Lipinski definition) is 4. The second-order valence-electron chi connectivity index (χ2n) is 6.63. The Morgan fingerprint density at radius 2 is 1.93 bits per heavy atom. The molecule has 2 aromatic carbocycles. The van der Waals surface area contributed by atoms with Gasteiger partial charge in [-0.2, -0.15) is 5.10 Å². The van der Waals surface area contributed by atoms with Gasteiger partial charge in [-0.3, -0.25) is 9.67 Å². The molecular weight excluding hydrogens is 336 g/mol. The number of ether oxygens (including phenoxy) is 1. The number of nitrogens with zero attached hydrogens (tertiary/aromatic N) is 3. The quantitative estimate of drug-likeness (QED) is 0.547. The summed E-state index contributed by atoms with van der Waals surface area (Å²) in [6, 6.07) is 16.5. The molecule has 5 nitrogen and oxygen atoms in total. The Bertz CT molecular complexity index is 1100. The fourth-order valence-corrected chi connectivity index (χ4v) is 3.48. The summed E-state index contributed by atoms with van der Waals surface area (Å²) in [5.74, 6) is 0.671. The molecule has 2 heterocycles. The average Bonchev–Trinajstić information content (AvgIpc) is 3.12. The largest absolute Gasteiger partial charge is 0.494 e. The summed E-state index contributed by atoms with van der Waals surface area (Å²) in [6.07, 6.45) is 5.52. The molecule has 0 atom stereocenters. The van der Waals surface area contributed by atoms with Gasteiger partial charge in [-0.25, -0.2) is 0 Å². The Balaban J connectivity index is 1.67. The first kappa shape index (κ1) is 17.1. The van der Waals surface area contributed by atoms with Gasteiger partial charge in [0.05, 0.1) is 24.0 Å². The molecule has 4 rings (SSSR count). The predicted octanol–water partition coefficient (Wildman–Crippen LogP) is 4.01. The van der Waals surface area contributed by atoms with Crippen molar-refractivity contribution in [3.8, 4) is 17.0 Å². The van der Waals surface area contributed by atoms with Crippen LogP contribution in [-0.2, 0) is 19.9 Å². The van der Waals surface area contributed by atoms with Crippen LogP contribution in [0.15, 0.2) is 60.9 Å². The first-order chi connectivity index (χ1) is 13.2. The van der Waals surface area contributed by atoms with E-state index >= 15 is 0 Å². The average molecular weight is 358 g/mol. The summed E-state index contributed by atoms with van der Waals surface area (Å²) in [7, 11) is 3.54. The number of benzene rings is 2. The van der Waals surface area contributed by atoms with Crippen LogP contribution in [0.25, 0.3) is 22.2 Å². The molecule has 0 aliphatic carbocycles. The highest BCUT2D eigenvalue weighted by atomic mass is 16.5. The molecule has 0 saturated heterocycles. The lowest BCUT2D eigenvalue weighted by molar-refractivity contribution is 0.418. The Labute approximate surface area is 158 Å². The van der Waals surface area contributed by atoms with E-state index in [1.165, 1.54) is 10.9 Å². The number of nitrogen functional groups attached to an aromatic ring is 1. The first-order valence-electron chi connectivity index (χ1n) is 8.95. The van der Waals surface area contributed by atoms with Crippen LogP contribution < -0.4 is 10.5 Å². The summed E-state index contributed by atoms with van der Waals surface area (Å²) in [5.41, 5.74) is 12.1. The summed E-state index contributed by atoms with van der Waals surface area (Å²) in [6.45, 7) is 0. The first-order valence-corrected chi connectivity index (χ1v) is 8.95. The predicted molar refractivity (Wildman–Crippen MR) is 109 cm³/mol. The van der Waals surface area contributed by atoms with Crippen LogP contribution in [-0.4, -0.2) is 21.9 Å². The second-order valence-corrected chi connectivity index (χ2v) is 6.63. The van der Waals surface area contributed by atoms with Gasteiger partial charge in [0, 0.05) is 30.4 Å². The van der Waals surface area contributed by atoms with Crippen molar-refractivity contribution in [2.75, 3.05) is 12.8 Å². The summed E-state index contributed by atoms with van der Waals surface area (Å²) in [4.78, 5) is 4.55. The third kappa shape index (κ3) is 3.36. The summed E-state index contributed by atoms with van der Waals surface area (Å²) >= 11 is 0. The van der Waals surface area contributed by atoms with Crippen molar-refractivity contribution < 1.29 is 4.74 Å². The molecule has 0 aliphatic rings. The van der Waals surface area contributed by atoms with Crippen molar-refractivity contribution in [2.24, 2.45) is 7.05 Å². The monoisotopic (exact) mass is 358 g/mol. The SMILES string of the molecule is COc1c(N)cc(CCc2cccc3cccnc23)cc1-c1ccn(C)n1. The number of anilines is 1. The molecule has 0 fully saturated rings. The van der Waals surface area contributed by atoms with Gasteiger partial charge in [0.15, 0.2) is 5.75 Å². The fraction of sp³-hybridized carbons (Fsp3) is 0.182. The van der Waals surface area contributed by atoms with Crippen molar-refractivity contribution in [3.05, 3.63) is 72.1 Å². The molecular formula is C22H22N4O. The van der Waals surface area contributed by atoms with E-state index in [4.69, 9.17) is 10.5 Å². The molecule has 0 unspecified atom stereocenters. The van der Waals surface area contributed by atoms with Crippen molar-refractivity contribution in [1.82, 2.24) is 14.8 Å². The molecule has 0 bridgehead atoms. The molecule has 0 aliphatic heterocycles. The molecule has 27 heavy (non-hydrogen) atoms. The maximum atomic E-state index is 6.26. The number of nitrogens with two attached hydrogens (primary N) is 1. The van der Waals surface area contributed by atoms with Gasteiger partial charge < -0.3 is 10.5 Å². The summed E-state index contributed by atoms with van der Waals surface area (Å²) in [5, 5.41) is 5.67. The number of para-hydroxylation sites is 1. The van der Waals surface area contributed by atoms with Crippen LogP contribution in [0.5, 0.6) is 5.75 Å². The van der Waals surface area contributed by atoms with Gasteiger partial charge in [0.25, 0.3) is 0 Å². The van der Waals surface area contributed by atoms with Crippen LogP contribution >= 0.6 is 0 Å². The van der Waals surface area contributed by atoms with E-state index in [9.17, 15) is 0 Å². The summed E-state index contributed by atoms with van der Waals surface area (Å²) < 4.78 is 7.31. The van der Waals surface area contributed by atoms with Crippen molar-refractivity contribution in [2.45, 2.75) is 12.8 Å². The van der Waals surface area contributed by atoms with E-state index in [2.05, 4.69) is 40.4 Å². The minimum atomic E-state index is 0.631. The van der Waals surface area contributed by atoms with E-state index in [1.54, 1.807) is 11.8 Å². The van der Waals surface area contributed by atoms with Gasteiger partial charge in [-0.15, -0.1) is 0 Å².